The Morgan fingerprint density at radius 1 is 0.423 bits per heavy atom. The maximum atomic E-state index is 2.67. The molecule has 4 aliphatic rings. The first-order valence-electron chi connectivity index (χ1n) is 26.0. The van der Waals surface area contributed by atoms with Gasteiger partial charge in [0, 0.05) is 22.5 Å². The Hall–Kier alpha value is -7.74. The molecule has 71 heavy (non-hydrogen) atoms. The Balaban J connectivity index is 0.987. The van der Waals surface area contributed by atoms with Crippen molar-refractivity contribution >= 4 is 27.8 Å². The van der Waals surface area contributed by atoms with Gasteiger partial charge in [-0.25, -0.2) is 0 Å². The van der Waals surface area contributed by atoms with Gasteiger partial charge in [-0.2, -0.15) is 0 Å². The summed E-state index contributed by atoms with van der Waals surface area (Å²) >= 11 is 0. The van der Waals surface area contributed by atoms with Crippen LogP contribution < -0.4 is 4.90 Å². The van der Waals surface area contributed by atoms with Crippen LogP contribution in [0.3, 0.4) is 0 Å². The molecule has 1 heteroatoms. The third-order valence-corrected chi connectivity index (χ3v) is 17.7. The first kappa shape index (κ1) is 42.2. The average Bonchev–Trinajstić information content (AvgIpc) is 4.12. The summed E-state index contributed by atoms with van der Waals surface area (Å²) in [5.74, 6) is 0.738. The van der Waals surface area contributed by atoms with Crippen molar-refractivity contribution in [2.45, 2.75) is 69.6 Å². The first-order valence-corrected chi connectivity index (χ1v) is 26.0. The van der Waals surface area contributed by atoms with Gasteiger partial charge in [-0.15, -0.1) is 0 Å². The summed E-state index contributed by atoms with van der Waals surface area (Å²) < 4.78 is 0. The van der Waals surface area contributed by atoms with Gasteiger partial charge in [0.25, 0.3) is 0 Å². The third kappa shape index (κ3) is 5.99. The topological polar surface area (TPSA) is 3.24 Å². The second-order valence-corrected chi connectivity index (χ2v) is 21.7. The average molecular weight is 912 g/mol. The van der Waals surface area contributed by atoms with Crippen LogP contribution in [0.5, 0.6) is 0 Å². The number of rotatable bonds is 7. The number of fused-ring (bicyclic) bond motifs is 14. The monoisotopic (exact) mass is 911 g/mol. The van der Waals surface area contributed by atoms with Crippen LogP contribution in [0.2, 0.25) is 0 Å². The van der Waals surface area contributed by atoms with Gasteiger partial charge in [0.15, 0.2) is 0 Å². The van der Waals surface area contributed by atoms with Gasteiger partial charge in [0.1, 0.15) is 0 Å². The van der Waals surface area contributed by atoms with E-state index in [1.54, 1.807) is 0 Å². The van der Waals surface area contributed by atoms with Crippen LogP contribution in [-0.4, -0.2) is 0 Å². The fourth-order valence-electron chi connectivity index (χ4n) is 14.3. The number of benzene rings is 10. The van der Waals surface area contributed by atoms with E-state index in [2.05, 4.69) is 251 Å². The molecule has 0 N–H and O–H groups in total. The van der Waals surface area contributed by atoms with E-state index in [0.717, 1.165) is 29.4 Å². The molecule has 0 aromatic heterocycles. The standard InChI is InChI=1S/C70H57N/c1-5-69(40-39-45(2)44-69)49-31-36-58-59-37-34-52(43-66(59)70(65(58)41-49)63-27-13-10-21-55(63)56-22-11-14-28-64(56)70)71(51-35-38-62-60(42-51)57-23-9-12-26-61(57)68(62,3)4)50-32-29-47(30-33-50)54-25-16-20-48-19-15-24-53(67(48)54)46-17-7-6-8-18-46/h6-38,41-43,45H,5,39-40,44H2,1-4H3. The van der Waals surface area contributed by atoms with Gasteiger partial charge in [-0.05, 0) is 179 Å². The fraction of sp³-hybridized carbons (Fsp3) is 0.171. The van der Waals surface area contributed by atoms with Crippen molar-refractivity contribution in [3.63, 3.8) is 0 Å². The zero-order valence-corrected chi connectivity index (χ0v) is 41.1. The molecule has 2 atom stereocenters. The molecule has 1 nitrogen and oxygen atoms in total. The third-order valence-electron chi connectivity index (χ3n) is 17.7. The highest BCUT2D eigenvalue weighted by Gasteiger charge is 2.52. The van der Waals surface area contributed by atoms with Gasteiger partial charge in [0.05, 0.1) is 5.41 Å². The molecular formula is C70H57N. The molecule has 1 spiro atoms. The van der Waals surface area contributed by atoms with E-state index in [1.165, 1.54) is 125 Å². The lowest BCUT2D eigenvalue weighted by molar-refractivity contribution is 0.407. The number of nitrogens with zero attached hydrogens (tertiary/aromatic N) is 1. The van der Waals surface area contributed by atoms with Crippen molar-refractivity contribution in [1.29, 1.82) is 0 Å². The molecule has 0 heterocycles. The Morgan fingerprint density at radius 3 is 1.58 bits per heavy atom. The summed E-state index contributed by atoms with van der Waals surface area (Å²) in [6, 6.07) is 83.5. The van der Waals surface area contributed by atoms with Crippen LogP contribution >= 0.6 is 0 Å². The minimum atomic E-state index is -0.468. The summed E-state index contributed by atoms with van der Waals surface area (Å²) in [5, 5.41) is 2.52. The Bertz CT molecular complexity index is 3730. The van der Waals surface area contributed by atoms with E-state index < -0.39 is 5.41 Å². The highest BCUT2D eigenvalue weighted by atomic mass is 15.1. The highest BCUT2D eigenvalue weighted by Crippen LogP contribution is 2.64. The largest absolute Gasteiger partial charge is 0.310 e. The van der Waals surface area contributed by atoms with Crippen LogP contribution in [0.4, 0.5) is 17.1 Å². The van der Waals surface area contributed by atoms with E-state index >= 15 is 0 Å². The van der Waals surface area contributed by atoms with Crippen molar-refractivity contribution in [2.75, 3.05) is 4.90 Å². The molecule has 0 saturated heterocycles. The van der Waals surface area contributed by atoms with E-state index in [9.17, 15) is 0 Å². The summed E-state index contributed by atoms with van der Waals surface area (Å²) in [4.78, 5) is 2.53. The number of hydrogen-bond acceptors (Lipinski definition) is 1. The van der Waals surface area contributed by atoms with E-state index in [0.29, 0.717) is 0 Å². The molecule has 2 unspecified atom stereocenters. The van der Waals surface area contributed by atoms with Crippen molar-refractivity contribution < 1.29 is 0 Å². The molecule has 342 valence electrons. The van der Waals surface area contributed by atoms with Crippen molar-refractivity contribution in [1.82, 2.24) is 0 Å². The van der Waals surface area contributed by atoms with Crippen LogP contribution in [-0.2, 0) is 16.2 Å². The second kappa shape index (κ2) is 15.6. The normalized spacial score (nSPS) is 18.2. The molecule has 0 aliphatic heterocycles. The molecule has 0 radical (unpaired) electrons. The minimum Gasteiger partial charge on any atom is -0.310 e. The number of hydrogen-bond donors (Lipinski definition) is 0. The van der Waals surface area contributed by atoms with Crippen molar-refractivity contribution in [2.24, 2.45) is 5.92 Å². The maximum absolute atomic E-state index is 2.67. The molecule has 1 saturated carbocycles. The zero-order chi connectivity index (χ0) is 47.6. The van der Waals surface area contributed by atoms with Gasteiger partial charge in [-0.1, -0.05) is 210 Å². The first-order chi connectivity index (χ1) is 34.8. The van der Waals surface area contributed by atoms with E-state index in [-0.39, 0.29) is 10.8 Å². The van der Waals surface area contributed by atoms with Gasteiger partial charge in [-0.3, -0.25) is 0 Å². The predicted molar refractivity (Wildman–Crippen MR) is 298 cm³/mol. The molecule has 0 bridgehead atoms. The molecule has 0 amide bonds. The minimum absolute atomic E-state index is 0.0886. The second-order valence-electron chi connectivity index (χ2n) is 21.7. The quantitative estimate of drug-likeness (QED) is 0.154. The molecule has 1 fully saturated rings. The summed E-state index contributed by atoms with van der Waals surface area (Å²) in [5.41, 5.74) is 25.9. The fourth-order valence-corrected chi connectivity index (χ4v) is 14.3. The van der Waals surface area contributed by atoms with E-state index in [4.69, 9.17) is 0 Å². The zero-order valence-electron chi connectivity index (χ0n) is 41.1. The SMILES string of the molecule is CCC1(c2ccc3c(c2)C2(c4ccccc4-c4ccccc42)c2cc(N(c4ccc(-c5cccc6cccc(-c7ccccc7)c56)cc4)c4ccc5c(c4)-c4ccccc4C5(C)C)ccc2-3)CCC(C)C1. The predicted octanol–water partition coefficient (Wildman–Crippen LogP) is 18.8. The summed E-state index contributed by atoms with van der Waals surface area (Å²) in [6.07, 6.45) is 4.97. The Morgan fingerprint density at radius 2 is 0.930 bits per heavy atom. The van der Waals surface area contributed by atoms with Crippen LogP contribution in [0.1, 0.15) is 92.3 Å². The van der Waals surface area contributed by atoms with Gasteiger partial charge >= 0.3 is 0 Å². The highest BCUT2D eigenvalue weighted by molar-refractivity contribution is 6.06. The van der Waals surface area contributed by atoms with Gasteiger partial charge < -0.3 is 4.90 Å². The van der Waals surface area contributed by atoms with Crippen LogP contribution in [0.15, 0.2) is 218 Å². The van der Waals surface area contributed by atoms with Crippen molar-refractivity contribution in [3.05, 3.63) is 257 Å². The summed E-state index contributed by atoms with van der Waals surface area (Å²) in [6.45, 7) is 9.63. The maximum Gasteiger partial charge on any atom is 0.0726 e. The summed E-state index contributed by atoms with van der Waals surface area (Å²) in [7, 11) is 0. The molecule has 4 aliphatic carbocycles. The number of anilines is 3. The molecule has 10 aromatic carbocycles. The van der Waals surface area contributed by atoms with Gasteiger partial charge in [0.2, 0.25) is 0 Å². The lowest BCUT2D eigenvalue weighted by atomic mass is 9.68. The molecule has 10 aromatic rings. The van der Waals surface area contributed by atoms with Crippen LogP contribution in [0.25, 0.3) is 66.4 Å². The lowest BCUT2D eigenvalue weighted by Gasteiger charge is -2.34. The smallest absolute Gasteiger partial charge is 0.0726 e. The van der Waals surface area contributed by atoms with Crippen molar-refractivity contribution in [3.8, 4) is 55.6 Å². The lowest BCUT2D eigenvalue weighted by Crippen LogP contribution is -2.28. The Kier molecular flexibility index (Phi) is 9.28. The molecular weight excluding hydrogens is 855 g/mol. The van der Waals surface area contributed by atoms with E-state index in [1.807, 2.05) is 0 Å². The molecule has 14 rings (SSSR count). The van der Waals surface area contributed by atoms with Crippen LogP contribution in [0, 0.1) is 5.92 Å². The Labute approximate surface area is 419 Å².